The van der Waals surface area contributed by atoms with Crippen LogP contribution in [-0.4, -0.2) is 36.0 Å². The predicted octanol–water partition coefficient (Wildman–Crippen LogP) is -0.0575. The van der Waals surface area contributed by atoms with Gasteiger partial charge in [-0.05, 0) is 18.4 Å². The monoisotopic (exact) mass is 262 g/mol. The number of hydrogen-bond acceptors (Lipinski definition) is 5. The van der Waals surface area contributed by atoms with E-state index in [4.69, 9.17) is 4.74 Å². The fraction of sp³-hybridized carbons (Fsp3) is 0.429. The highest BCUT2D eigenvalue weighted by molar-refractivity contribution is 5.79. The third kappa shape index (κ3) is 2.93. The van der Waals surface area contributed by atoms with Crippen molar-refractivity contribution < 1.29 is 19.4 Å². The van der Waals surface area contributed by atoms with Crippen LogP contribution >= 0.6 is 0 Å². The molecule has 2 rings (SSSR count). The number of ether oxygens (including phenoxy) is 1. The second-order valence-electron chi connectivity index (χ2n) is 4.61. The van der Waals surface area contributed by atoms with Crippen LogP contribution in [0.2, 0.25) is 0 Å². The largest absolute Gasteiger partial charge is 0.548 e. The smallest absolute Gasteiger partial charge is 0.323 e. The molecule has 1 aliphatic heterocycles. The number of benzene rings is 1. The molecule has 0 aliphatic carbocycles. The van der Waals surface area contributed by atoms with Crippen LogP contribution in [-0.2, 0) is 20.9 Å². The number of aliphatic carboxylic acids is 1. The van der Waals surface area contributed by atoms with Crippen LogP contribution in [0, 0.1) is 0 Å². The van der Waals surface area contributed by atoms with Gasteiger partial charge >= 0.3 is 5.97 Å². The Balaban J connectivity index is 2.19. The van der Waals surface area contributed by atoms with E-state index in [-0.39, 0.29) is 5.97 Å². The van der Waals surface area contributed by atoms with Crippen LogP contribution in [0.4, 0.5) is 0 Å². The SMILES string of the molecule is COC(=O)C1CCC(C(=O)[O-])N1Cc1ccccc1. The molecule has 5 nitrogen and oxygen atoms in total. The van der Waals surface area contributed by atoms with Gasteiger partial charge in [-0.2, -0.15) is 0 Å². The lowest BCUT2D eigenvalue weighted by Gasteiger charge is -2.29. The number of carboxylic acid groups (broad SMARTS) is 1. The molecule has 1 heterocycles. The minimum Gasteiger partial charge on any atom is -0.548 e. The molecule has 0 spiro atoms. The topological polar surface area (TPSA) is 69.7 Å². The first-order valence-corrected chi connectivity index (χ1v) is 6.22. The standard InChI is InChI=1S/C14H17NO4/c1-19-14(18)12-8-7-11(13(16)17)15(12)9-10-5-3-2-4-6-10/h2-6,11-12H,7-9H2,1H3,(H,16,17)/p-1. The summed E-state index contributed by atoms with van der Waals surface area (Å²) < 4.78 is 4.74. The number of carbonyl (C=O) groups is 2. The van der Waals surface area contributed by atoms with Crippen LogP contribution < -0.4 is 5.11 Å². The molecule has 0 amide bonds. The number of likely N-dealkylation sites (tertiary alicyclic amines) is 1. The average molecular weight is 262 g/mol. The number of carbonyl (C=O) groups excluding carboxylic acids is 2. The molecule has 1 aromatic carbocycles. The molecule has 1 aromatic rings. The minimum absolute atomic E-state index is 0.389. The third-order valence-corrected chi connectivity index (χ3v) is 3.47. The Hall–Kier alpha value is -1.88. The van der Waals surface area contributed by atoms with Crippen LogP contribution in [0.3, 0.4) is 0 Å². The van der Waals surface area contributed by atoms with Crippen molar-refractivity contribution in [2.24, 2.45) is 0 Å². The van der Waals surface area contributed by atoms with Gasteiger partial charge in [0, 0.05) is 6.54 Å². The zero-order chi connectivity index (χ0) is 13.8. The van der Waals surface area contributed by atoms with E-state index < -0.39 is 18.1 Å². The molecule has 1 aliphatic rings. The van der Waals surface area contributed by atoms with Crippen LogP contribution in [0.1, 0.15) is 18.4 Å². The van der Waals surface area contributed by atoms with Gasteiger partial charge in [-0.3, -0.25) is 9.69 Å². The zero-order valence-corrected chi connectivity index (χ0v) is 10.7. The van der Waals surface area contributed by atoms with Gasteiger partial charge < -0.3 is 14.6 Å². The summed E-state index contributed by atoms with van der Waals surface area (Å²) in [6.07, 6.45) is 0.896. The Morgan fingerprint density at radius 1 is 1.26 bits per heavy atom. The number of rotatable bonds is 4. The molecule has 1 saturated heterocycles. The summed E-state index contributed by atoms with van der Waals surface area (Å²) in [5, 5.41) is 11.2. The van der Waals surface area contributed by atoms with Gasteiger partial charge in [0.25, 0.3) is 0 Å². The van der Waals surface area contributed by atoms with E-state index in [1.807, 2.05) is 30.3 Å². The number of nitrogens with zero attached hydrogens (tertiary/aromatic N) is 1. The van der Waals surface area contributed by atoms with E-state index in [1.54, 1.807) is 4.90 Å². The van der Waals surface area contributed by atoms with Crippen molar-refractivity contribution in [2.45, 2.75) is 31.5 Å². The van der Waals surface area contributed by atoms with Crippen LogP contribution in [0.5, 0.6) is 0 Å². The second kappa shape index (κ2) is 5.84. The van der Waals surface area contributed by atoms with E-state index in [0.717, 1.165) is 5.56 Å². The summed E-state index contributed by atoms with van der Waals surface area (Å²) in [6.45, 7) is 0.402. The highest BCUT2D eigenvalue weighted by atomic mass is 16.5. The van der Waals surface area contributed by atoms with Crippen molar-refractivity contribution in [2.75, 3.05) is 7.11 Å². The molecule has 5 heteroatoms. The summed E-state index contributed by atoms with van der Waals surface area (Å²) in [6, 6.07) is 8.22. The summed E-state index contributed by atoms with van der Waals surface area (Å²) in [5.74, 6) is -1.53. The fourth-order valence-electron chi connectivity index (χ4n) is 2.52. The summed E-state index contributed by atoms with van der Waals surface area (Å²) in [5.41, 5.74) is 0.963. The maximum atomic E-state index is 11.7. The van der Waals surface area contributed by atoms with Crippen LogP contribution in [0.25, 0.3) is 0 Å². The van der Waals surface area contributed by atoms with Crippen molar-refractivity contribution in [3.63, 3.8) is 0 Å². The Labute approximate surface area is 111 Å². The van der Waals surface area contributed by atoms with Gasteiger partial charge in [-0.1, -0.05) is 30.3 Å². The third-order valence-electron chi connectivity index (χ3n) is 3.47. The first-order chi connectivity index (χ1) is 9.13. The Morgan fingerprint density at radius 2 is 1.89 bits per heavy atom. The van der Waals surface area contributed by atoms with Crippen molar-refractivity contribution >= 4 is 11.9 Å². The normalized spacial score (nSPS) is 23.2. The molecule has 2 atom stereocenters. The lowest BCUT2D eigenvalue weighted by Crippen LogP contribution is -2.48. The molecule has 0 N–H and O–H groups in total. The van der Waals surface area contributed by atoms with Gasteiger partial charge in [-0.15, -0.1) is 0 Å². The number of methoxy groups -OCH3 is 1. The highest BCUT2D eigenvalue weighted by Crippen LogP contribution is 2.26. The zero-order valence-electron chi connectivity index (χ0n) is 10.7. The maximum absolute atomic E-state index is 11.7. The average Bonchev–Trinajstić information content (AvgIpc) is 2.83. The van der Waals surface area contributed by atoms with Gasteiger partial charge in [0.15, 0.2) is 0 Å². The molecular formula is C14H16NO4-. The van der Waals surface area contributed by atoms with E-state index >= 15 is 0 Å². The Bertz CT molecular complexity index is 460. The van der Waals surface area contributed by atoms with E-state index in [0.29, 0.717) is 19.4 Å². The summed E-state index contributed by atoms with van der Waals surface area (Å²) in [4.78, 5) is 24.5. The first kappa shape index (κ1) is 13.5. The Kier molecular flexibility index (Phi) is 4.16. The molecule has 0 saturated carbocycles. The Morgan fingerprint density at radius 3 is 2.47 bits per heavy atom. The molecule has 102 valence electrons. The van der Waals surface area contributed by atoms with Crippen molar-refractivity contribution in [3.8, 4) is 0 Å². The number of hydrogen-bond donors (Lipinski definition) is 0. The summed E-state index contributed by atoms with van der Waals surface area (Å²) in [7, 11) is 1.31. The van der Waals surface area contributed by atoms with Gasteiger partial charge in [0.2, 0.25) is 0 Å². The van der Waals surface area contributed by atoms with Gasteiger partial charge in [0.1, 0.15) is 6.04 Å². The molecule has 0 radical (unpaired) electrons. The van der Waals surface area contributed by atoms with Crippen molar-refractivity contribution in [3.05, 3.63) is 35.9 Å². The number of carboxylic acids is 1. The van der Waals surface area contributed by atoms with Crippen molar-refractivity contribution in [1.29, 1.82) is 0 Å². The van der Waals surface area contributed by atoms with Crippen molar-refractivity contribution in [1.82, 2.24) is 4.90 Å². The minimum atomic E-state index is -1.14. The first-order valence-electron chi connectivity index (χ1n) is 6.22. The number of esters is 1. The summed E-state index contributed by atoms with van der Waals surface area (Å²) >= 11 is 0. The second-order valence-corrected chi connectivity index (χ2v) is 4.61. The van der Waals surface area contributed by atoms with Crippen LogP contribution in [0.15, 0.2) is 30.3 Å². The highest BCUT2D eigenvalue weighted by Gasteiger charge is 2.38. The predicted molar refractivity (Wildman–Crippen MR) is 65.8 cm³/mol. The van der Waals surface area contributed by atoms with E-state index in [2.05, 4.69) is 0 Å². The molecule has 0 aromatic heterocycles. The quantitative estimate of drug-likeness (QED) is 0.711. The van der Waals surface area contributed by atoms with Gasteiger partial charge in [0.05, 0.1) is 19.1 Å². The molecule has 0 bridgehead atoms. The molecule has 1 fully saturated rings. The van der Waals surface area contributed by atoms with E-state index in [1.165, 1.54) is 7.11 Å². The molecule has 19 heavy (non-hydrogen) atoms. The molecular weight excluding hydrogens is 246 g/mol. The lowest BCUT2D eigenvalue weighted by atomic mass is 10.2. The van der Waals surface area contributed by atoms with Gasteiger partial charge in [-0.25, -0.2) is 0 Å². The fourth-order valence-corrected chi connectivity index (χ4v) is 2.52. The van der Waals surface area contributed by atoms with E-state index in [9.17, 15) is 14.7 Å². The maximum Gasteiger partial charge on any atom is 0.323 e. The lowest BCUT2D eigenvalue weighted by molar-refractivity contribution is -0.311. The molecule has 2 unspecified atom stereocenters.